The summed E-state index contributed by atoms with van der Waals surface area (Å²) < 4.78 is 40.0. The van der Waals surface area contributed by atoms with Crippen molar-refractivity contribution in [2.24, 2.45) is 0 Å². The summed E-state index contributed by atoms with van der Waals surface area (Å²) in [6.45, 7) is 3.30. The van der Waals surface area contributed by atoms with E-state index in [2.05, 4.69) is 20.4 Å². The zero-order valence-corrected chi connectivity index (χ0v) is 14.9. The number of hydrogen-bond donors (Lipinski definition) is 1. The van der Waals surface area contributed by atoms with Crippen LogP contribution in [0.25, 0.3) is 5.82 Å². The van der Waals surface area contributed by atoms with E-state index >= 15 is 0 Å². The molecule has 0 saturated carbocycles. The van der Waals surface area contributed by atoms with Crippen LogP contribution in [0.2, 0.25) is 5.02 Å². The van der Waals surface area contributed by atoms with Crippen LogP contribution in [0.3, 0.4) is 0 Å². The maximum Gasteiger partial charge on any atom is 0.416 e. The number of aryl methyl sites for hydroxylation is 2. The highest BCUT2D eigenvalue weighted by molar-refractivity contribution is 6.32. The maximum atomic E-state index is 12.9. The van der Waals surface area contributed by atoms with Gasteiger partial charge in [-0.05, 0) is 49.2 Å². The van der Waals surface area contributed by atoms with Gasteiger partial charge >= 0.3 is 6.18 Å². The van der Waals surface area contributed by atoms with Gasteiger partial charge in [0.15, 0.2) is 5.82 Å². The maximum absolute atomic E-state index is 12.9. The fourth-order valence-corrected chi connectivity index (χ4v) is 2.68. The van der Waals surface area contributed by atoms with E-state index in [1.54, 1.807) is 12.3 Å². The van der Waals surface area contributed by atoms with Gasteiger partial charge in [0.25, 0.3) is 5.91 Å². The molecule has 6 nitrogen and oxygen atoms in total. The summed E-state index contributed by atoms with van der Waals surface area (Å²) in [6.07, 6.45) is -1.67. The summed E-state index contributed by atoms with van der Waals surface area (Å²) >= 11 is 6.11. The summed E-state index contributed by atoms with van der Waals surface area (Å²) in [6, 6.07) is 4.78. The summed E-state index contributed by atoms with van der Waals surface area (Å²) in [5.74, 6) is -0.538. The first-order valence-corrected chi connectivity index (χ1v) is 8.06. The Kier molecular flexibility index (Phi) is 4.88. The number of halogens is 4. The van der Waals surface area contributed by atoms with Crippen LogP contribution < -0.4 is 5.32 Å². The lowest BCUT2D eigenvalue weighted by Crippen LogP contribution is -2.15. The van der Waals surface area contributed by atoms with Crippen molar-refractivity contribution in [2.45, 2.75) is 20.0 Å². The third kappa shape index (κ3) is 4.25. The van der Waals surface area contributed by atoms with Crippen LogP contribution in [-0.4, -0.2) is 25.7 Å². The topological polar surface area (TPSA) is 72.7 Å². The first kappa shape index (κ1) is 18.8. The minimum atomic E-state index is -4.55. The second kappa shape index (κ2) is 6.99. The largest absolute Gasteiger partial charge is 0.416 e. The van der Waals surface area contributed by atoms with E-state index in [0.717, 1.165) is 17.7 Å². The molecule has 1 aromatic carbocycles. The second-order valence-corrected chi connectivity index (χ2v) is 6.28. The predicted molar refractivity (Wildman–Crippen MR) is 93.0 cm³/mol. The average Bonchev–Trinajstić information content (AvgIpc) is 3.01. The van der Waals surface area contributed by atoms with Crippen LogP contribution in [0.15, 0.2) is 36.8 Å². The summed E-state index contributed by atoms with van der Waals surface area (Å²) in [5, 5.41) is 6.74. The van der Waals surface area contributed by atoms with Gasteiger partial charge < -0.3 is 0 Å². The lowest BCUT2D eigenvalue weighted by atomic mass is 10.1. The standard InChI is InChI=1S/C17H13ClF3N5O/c1-9-3-11(6-12(4-9)17(19,20)21)15(27)24-16-23-8-26(25-16)14-13(18)5-10(2)7-22-14/h3-8H,1-2H3,(H,24,25,27). The van der Waals surface area contributed by atoms with E-state index in [-0.39, 0.29) is 11.5 Å². The number of carbonyl (C=O) groups is 1. The van der Waals surface area contributed by atoms with Crippen LogP contribution in [0, 0.1) is 13.8 Å². The molecule has 0 aliphatic carbocycles. The van der Waals surface area contributed by atoms with Crippen molar-refractivity contribution in [3.63, 3.8) is 0 Å². The molecule has 0 aliphatic heterocycles. The Morgan fingerprint density at radius 1 is 1.11 bits per heavy atom. The Morgan fingerprint density at radius 3 is 2.52 bits per heavy atom. The van der Waals surface area contributed by atoms with Crippen molar-refractivity contribution >= 4 is 23.5 Å². The lowest BCUT2D eigenvalue weighted by Gasteiger charge is -2.10. The number of nitrogens with zero attached hydrogens (tertiary/aromatic N) is 4. The number of amides is 1. The molecular weight excluding hydrogens is 383 g/mol. The SMILES string of the molecule is Cc1cc(C(=O)Nc2ncn(-c3ncc(C)cc3Cl)n2)cc(C(F)(F)F)c1. The van der Waals surface area contributed by atoms with E-state index in [4.69, 9.17) is 11.6 Å². The molecule has 0 bridgehead atoms. The Bertz CT molecular complexity index is 1020. The first-order chi connectivity index (χ1) is 12.6. The molecule has 10 heteroatoms. The van der Waals surface area contributed by atoms with Gasteiger partial charge in [0, 0.05) is 11.8 Å². The third-order valence-corrected chi connectivity index (χ3v) is 3.84. The molecule has 140 valence electrons. The van der Waals surface area contributed by atoms with Crippen molar-refractivity contribution in [3.05, 3.63) is 64.1 Å². The first-order valence-electron chi connectivity index (χ1n) is 7.68. The van der Waals surface area contributed by atoms with Gasteiger partial charge in [-0.1, -0.05) is 11.6 Å². The molecule has 0 aliphatic rings. The predicted octanol–water partition coefficient (Wildman–Crippen LogP) is 4.20. The van der Waals surface area contributed by atoms with E-state index in [1.807, 2.05) is 6.92 Å². The number of benzene rings is 1. The molecule has 3 rings (SSSR count). The Hall–Kier alpha value is -2.94. The lowest BCUT2D eigenvalue weighted by molar-refractivity contribution is -0.137. The van der Waals surface area contributed by atoms with E-state index < -0.39 is 17.6 Å². The quantitative estimate of drug-likeness (QED) is 0.721. The molecule has 0 radical (unpaired) electrons. The highest BCUT2D eigenvalue weighted by Gasteiger charge is 2.31. The Balaban J connectivity index is 1.83. The molecule has 0 saturated heterocycles. The van der Waals surface area contributed by atoms with Gasteiger partial charge in [-0.2, -0.15) is 22.8 Å². The fraction of sp³-hybridized carbons (Fsp3) is 0.176. The number of carbonyl (C=O) groups excluding carboxylic acids is 1. The second-order valence-electron chi connectivity index (χ2n) is 5.87. The number of hydrogen-bond acceptors (Lipinski definition) is 4. The van der Waals surface area contributed by atoms with Gasteiger partial charge in [-0.3, -0.25) is 10.1 Å². The highest BCUT2D eigenvalue weighted by Crippen LogP contribution is 2.30. The number of alkyl halides is 3. The van der Waals surface area contributed by atoms with Crippen LogP contribution in [0.1, 0.15) is 27.0 Å². The normalized spacial score (nSPS) is 11.5. The highest BCUT2D eigenvalue weighted by atomic mass is 35.5. The summed E-state index contributed by atoms with van der Waals surface area (Å²) in [4.78, 5) is 20.3. The number of aromatic nitrogens is 4. The van der Waals surface area contributed by atoms with E-state index in [0.29, 0.717) is 16.4 Å². The van der Waals surface area contributed by atoms with Crippen LogP contribution in [0.4, 0.5) is 19.1 Å². The van der Waals surface area contributed by atoms with Crippen molar-refractivity contribution < 1.29 is 18.0 Å². The van der Waals surface area contributed by atoms with Gasteiger partial charge in [-0.15, -0.1) is 5.10 Å². The minimum absolute atomic E-state index is 0.0893. The Labute approximate surface area is 157 Å². The fourth-order valence-electron chi connectivity index (χ4n) is 2.37. The summed E-state index contributed by atoms with van der Waals surface area (Å²) in [5.41, 5.74) is 0.119. The van der Waals surface area contributed by atoms with Gasteiger partial charge in [0.2, 0.25) is 5.95 Å². The average molecular weight is 396 g/mol. The van der Waals surface area contributed by atoms with Crippen molar-refractivity contribution in [1.82, 2.24) is 19.7 Å². The number of anilines is 1. The number of nitrogens with one attached hydrogen (secondary N) is 1. The Morgan fingerprint density at radius 2 is 1.85 bits per heavy atom. The molecule has 0 spiro atoms. The zero-order valence-electron chi connectivity index (χ0n) is 14.2. The molecule has 3 aromatic rings. The van der Waals surface area contributed by atoms with Gasteiger partial charge in [0.1, 0.15) is 6.33 Å². The van der Waals surface area contributed by atoms with Crippen LogP contribution >= 0.6 is 11.6 Å². The van der Waals surface area contributed by atoms with Gasteiger partial charge in [0.05, 0.1) is 10.6 Å². The molecule has 0 fully saturated rings. The molecule has 1 N–H and O–H groups in total. The molecule has 27 heavy (non-hydrogen) atoms. The van der Waals surface area contributed by atoms with E-state index in [1.165, 1.54) is 24.0 Å². The third-order valence-electron chi connectivity index (χ3n) is 3.56. The van der Waals surface area contributed by atoms with Crippen LogP contribution in [0.5, 0.6) is 0 Å². The summed E-state index contributed by atoms with van der Waals surface area (Å²) in [7, 11) is 0. The molecule has 0 unspecified atom stereocenters. The molecule has 2 aromatic heterocycles. The molecule has 1 amide bonds. The smallest absolute Gasteiger partial charge is 0.289 e. The molecule has 2 heterocycles. The minimum Gasteiger partial charge on any atom is -0.289 e. The van der Waals surface area contributed by atoms with E-state index in [9.17, 15) is 18.0 Å². The number of rotatable bonds is 3. The number of pyridine rings is 1. The monoisotopic (exact) mass is 395 g/mol. The van der Waals surface area contributed by atoms with Gasteiger partial charge in [-0.25, -0.2) is 4.98 Å². The zero-order chi connectivity index (χ0) is 19.8. The van der Waals surface area contributed by atoms with Crippen molar-refractivity contribution in [3.8, 4) is 5.82 Å². The molecule has 0 atom stereocenters. The van der Waals surface area contributed by atoms with Crippen molar-refractivity contribution in [2.75, 3.05) is 5.32 Å². The van der Waals surface area contributed by atoms with Crippen molar-refractivity contribution in [1.29, 1.82) is 0 Å². The molecular formula is C17H13ClF3N5O. The van der Waals surface area contributed by atoms with Crippen LogP contribution in [-0.2, 0) is 6.18 Å².